The summed E-state index contributed by atoms with van der Waals surface area (Å²) in [5.74, 6) is -1.47. The highest BCUT2D eigenvalue weighted by atomic mass is 32.1. The van der Waals surface area contributed by atoms with E-state index < -0.39 is 11.8 Å². The van der Waals surface area contributed by atoms with E-state index in [-0.39, 0.29) is 28.0 Å². The van der Waals surface area contributed by atoms with Crippen LogP contribution in [0.15, 0.2) is 151 Å². The van der Waals surface area contributed by atoms with Crippen molar-refractivity contribution in [1.82, 2.24) is 0 Å². The standard InChI is InChI=1S/C48H35NO4S/c50-46-38-24-19-34(48(52)53)29-42(38)47(51)39(46)15-7-13-36-23-26-45(54-36)33-20-25-44-41(28-33)37-14-8-16-43(37)49(44)35-21-17-30(18-22-35)27-40(31-9-3-1-4-10-31)32-11-5-2-6-12-32/h1-7,9-13,15,17-29,37,43H,8,14,16H2,(H,52,53)/b13-7+,39-15+. The summed E-state index contributed by atoms with van der Waals surface area (Å²) in [4.78, 5) is 41.9. The van der Waals surface area contributed by atoms with Gasteiger partial charge in [0.15, 0.2) is 11.6 Å². The quantitative estimate of drug-likeness (QED) is 0.0962. The zero-order chi connectivity index (χ0) is 36.8. The molecular weight excluding hydrogens is 687 g/mol. The number of benzene rings is 5. The average Bonchev–Trinajstić information content (AvgIpc) is 3.99. The summed E-state index contributed by atoms with van der Waals surface area (Å²) in [6.07, 6.45) is 11.0. The van der Waals surface area contributed by atoms with Gasteiger partial charge in [0.25, 0.3) is 0 Å². The van der Waals surface area contributed by atoms with Crippen molar-refractivity contribution in [1.29, 1.82) is 0 Å². The van der Waals surface area contributed by atoms with E-state index in [4.69, 9.17) is 0 Å². The van der Waals surface area contributed by atoms with Gasteiger partial charge in [0.05, 0.1) is 11.1 Å². The Hall–Kier alpha value is -6.37. The van der Waals surface area contributed by atoms with Gasteiger partial charge >= 0.3 is 5.97 Å². The number of Topliss-reactive ketones (excluding diaryl/α,β-unsaturated/α-hetero) is 2. The molecule has 2 unspecified atom stereocenters. The van der Waals surface area contributed by atoms with Gasteiger partial charge in [0.1, 0.15) is 0 Å². The fourth-order valence-electron chi connectivity index (χ4n) is 8.26. The molecule has 0 saturated heterocycles. The van der Waals surface area contributed by atoms with E-state index in [9.17, 15) is 19.5 Å². The Kier molecular flexibility index (Phi) is 8.60. The number of carbonyl (C=O) groups excluding carboxylic acids is 2. The van der Waals surface area contributed by atoms with Gasteiger partial charge < -0.3 is 10.0 Å². The van der Waals surface area contributed by atoms with Gasteiger partial charge in [-0.3, -0.25) is 9.59 Å². The number of hydrogen-bond donors (Lipinski definition) is 1. The molecule has 6 heteroatoms. The molecule has 0 bridgehead atoms. The van der Waals surface area contributed by atoms with Gasteiger partial charge in [-0.15, -0.1) is 11.3 Å². The molecule has 1 saturated carbocycles. The lowest BCUT2D eigenvalue weighted by molar-refractivity contribution is 0.0696. The summed E-state index contributed by atoms with van der Waals surface area (Å²) in [5.41, 5.74) is 10.3. The number of fused-ring (bicyclic) bond motifs is 4. The van der Waals surface area contributed by atoms with Crippen molar-refractivity contribution >= 4 is 58.0 Å². The van der Waals surface area contributed by atoms with Gasteiger partial charge in [0, 0.05) is 44.2 Å². The van der Waals surface area contributed by atoms with Gasteiger partial charge in [-0.2, -0.15) is 0 Å². The first kappa shape index (κ1) is 33.5. The maximum absolute atomic E-state index is 12.9. The van der Waals surface area contributed by atoms with Crippen molar-refractivity contribution in [3.63, 3.8) is 0 Å². The van der Waals surface area contributed by atoms with Crippen LogP contribution in [0.25, 0.3) is 28.2 Å². The van der Waals surface area contributed by atoms with Crippen molar-refractivity contribution in [2.45, 2.75) is 31.2 Å². The summed E-state index contributed by atoms with van der Waals surface area (Å²) < 4.78 is 0. The minimum Gasteiger partial charge on any atom is -0.478 e. The fraction of sp³-hybridized carbons (Fsp3) is 0.104. The van der Waals surface area contributed by atoms with Crippen LogP contribution in [-0.4, -0.2) is 28.7 Å². The minimum absolute atomic E-state index is 0.0141. The molecule has 1 fully saturated rings. The molecule has 0 spiro atoms. The van der Waals surface area contributed by atoms with Crippen LogP contribution in [-0.2, 0) is 0 Å². The molecule has 3 aliphatic rings. The minimum atomic E-state index is -1.14. The molecule has 2 atom stereocenters. The summed E-state index contributed by atoms with van der Waals surface area (Å²) in [5, 5.41) is 9.29. The van der Waals surface area contributed by atoms with E-state index in [0.29, 0.717) is 12.0 Å². The van der Waals surface area contributed by atoms with Crippen molar-refractivity contribution < 1.29 is 19.5 Å². The molecule has 1 N–H and O–H groups in total. The summed E-state index contributed by atoms with van der Waals surface area (Å²) >= 11 is 1.66. The second kappa shape index (κ2) is 13.9. The highest BCUT2D eigenvalue weighted by molar-refractivity contribution is 7.16. The Balaban J connectivity index is 0.953. The number of carboxylic acid groups (broad SMARTS) is 1. The van der Waals surface area contributed by atoms with Crippen LogP contribution >= 0.6 is 11.3 Å². The molecule has 5 aromatic carbocycles. The molecule has 1 aliphatic heterocycles. The summed E-state index contributed by atoms with van der Waals surface area (Å²) in [6.45, 7) is 0. The Labute approximate surface area is 317 Å². The second-order valence-electron chi connectivity index (χ2n) is 14.0. The first-order chi connectivity index (χ1) is 26.4. The largest absolute Gasteiger partial charge is 0.478 e. The maximum atomic E-state index is 12.9. The van der Waals surface area contributed by atoms with Crippen molar-refractivity contribution in [2.24, 2.45) is 0 Å². The van der Waals surface area contributed by atoms with E-state index in [1.54, 1.807) is 17.4 Å². The first-order valence-electron chi connectivity index (χ1n) is 18.2. The Bertz CT molecular complexity index is 2500. The number of rotatable bonds is 8. The first-order valence-corrected chi connectivity index (χ1v) is 19.1. The number of nitrogens with zero attached hydrogens (tertiary/aromatic N) is 1. The molecular formula is C48H35NO4S. The molecule has 1 aromatic heterocycles. The topological polar surface area (TPSA) is 74.7 Å². The molecule has 5 nitrogen and oxygen atoms in total. The van der Waals surface area contributed by atoms with E-state index in [1.165, 1.54) is 88.3 Å². The fourth-order valence-corrected chi connectivity index (χ4v) is 9.17. The van der Waals surface area contributed by atoms with Crippen LogP contribution in [0.2, 0.25) is 0 Å². The van der Waals surface area contributed by atoms with Crippen LogP contribution in [0.3, 0.4) is 0 Å². The Morgan fingerprint density at radius 3 is 2.17 bits per heavy atom. The van der Waals surface area contributed by atoms with Gasteiger partial charge in [-0.05, 0) is 119 Å². The van der Waals surface area contributed by atoms with Crippen molar-refractivity contribution in [3.8, 4) is 10.4 Å². The van der Waals surface area contributed by atoms with Crippen LogP contribution in [0.1, 0.15) is 83.4 Å². The van der Waals surface area contributed by atoms with Crippen molar-refractivity contribution in [3.05, 3.63) is 195 Å². The van der Waals surface area contributed by atoms with Gasteiger partial charge in [0.2, 0.25) is 0 Å². The zero-order valence-electron chi connectivity index (χ0n) is 29.3. The van der Waals surface area contributed by atoms with Crippen LogP contribution in [0, 0.1) is 0 Å². The number of carbonyl (C=O) groups is 3. The smallest absolute Gasteiger partial charge is 0.335 e. The van der Waals surface area contributed by atoms with Crippen LogP contribution in [0.4, 0.5) is 11.4 Å². The third kappa shape index (κ3) is 6.04. The van der Waals surface area contributed by atoms with E-state index in [1.807, 2.05) is 6.08 Å². The number of hydrogen-bond acceptors (Lipinski definition) is 5. The number of aromatic carboxylic acids is 1. The van der Waals surface area contributed by atoms with Gasteiger partial charge in [-0.1, -0.05) is 91.4 Å². The molecule has 2 aliphatic carbocycles. The molecule has 9 rings (SSSR count). The Morgan fingerprint density at radius 2 is 1.44 bits per heavy atom. The Morgan fingerprint density at radius 1 is 0.722 bits per heavy atom. The molecule has 6 aromatic rings. The molecule has 262 valence electrons. The number of allylic oxidation sites excluding steroid dienone is 3. The lowest BCUT2D eigenvalue weighted by Gasteiger charge is -2.27. The van der Waals surface area contributed by atoms with Crippen molar-refractivity contribution in [2.75, 3.05) is 4.90 Å². The van der Waals surface area contributed by atoms with Crippen LogP contribution in [0.5, 0.6) is 0 Å². The third-order valence-corrected chi connectivity index (χ3v) is 11.9. The predicted molar refractivity (Wildman–Crippen MR) is 218 cm³/mol. The summed E-state index contributed by atoms with van der Waals surface area (Å²) in [7, 11) is 0. The normalized spacial score (nSPS) is 17.9. The number of ketones is 2. The van der Waals surface area contributed by atoms with E-state index in [2.05, 4.69) is 126 Å². The third-order valence-electron chi connectivity index (χ3n) is 10.8. The SMILES string of the molecule is O=C(O)c1ccc2c(c1)C(=O)/C(=C/C=C/c1ccc(-c3ccc4c(c3)C3CCCC3N4c3ccc(C=C(c4ccccc4)c4ccccc4)cc3)s1)C2=O. The van der Waals surface area contributed by atoms with E-state index >= 15 is 0 Å². The second-order valence-corrected chi connectivity index (χ2v) is 15.1. The number of carboxylic acids is 1. The lowest BCUT2D eigenvalue weighted by Crippen LogP contribution is -2.26. The van der Waals surface area contributed by atoms with E-state index in [0.717, 1.165) is 9.75 Å². The average molecular weight is 722 g/mol. The highest BCUT2D eigenvalue weighted by Crippen LogP contribution is 2.53. The lowest BCUT2D eigenvalue weighted by atomic mass is 9.95. The number of anilines is 2. The van der Waals surface area contributed by atoms with Gasteiger partial charge in [-0.25, -0.2) is 4.79 Å². The zero-order valence-corrected chi connectivity index (χ0v) is 30.1. The predicted octanol–water partition coefficient (Wildman–Crippen LogP) is 11.5. The van der Waals surface area contributed by atoms with Crippen LogP contribution < -0.4 is 4.90 Å². The number of thiophene rings is 1. The molecule has 0 amide bonds. The molecule has 0 radical (unpaired) electrons. The molecule has 54 heavy (non-hydrogen) atoms. The molecule has 2 heterocycles. The monoisotopic (exact) mass is 721 g/mol. The highest BCUT2D eigenvalue weighted by Gasteiger charge is 2.42. The maximum Gasteiger partial charge on any atom is 0.335 e. The summed E-state index contributed by atoms with van der Waals surface area (Å²) in [6, 6.07) is 45.7.